The maximum Gasteiger partial charge on any atom is 0.223 e. The standard InChI is InChI=1S/C29H34F2N2O/c1-5-18-7-6-8-22-24(15-32-27(18)22)23(21-10-9-19(30)11-25(21)31)12-26(34)33-17-29(4)14-20(33)13-28(2,3)16-29/h6-11,15,20,23,32H,5,12-14,16-17H2,1-4H3. The Labute approximate surface area is 200 Å². The average molecular weight is 465 g/mol. The second-order valence-electron chi connectivity index (χ2n) is 11.6. The van der Waals surface area contributed by atoms with Crippen LogP contribution in [0, 0.1) is 22.5 Å². The molecule has 1 amide bonds. The number of fused-ring (bicyclic) bond motifs is 3. The molecule has 1 N–H and O–H groups in total. The number of H-pyrrole nitrogens is 1. The van der Waals surface area contributed by atoms with E-state index < -0.39 is 17.6 Å². The first-order valence-electron chi connectivity index (χ1n) is 12.4. The Bertz CT molecular complexity index is 1250. The Balaban J connectivity index is 1.53. The zero-order valence-corrected chi connectivity index (χ0v) is 20.6. The number of benzene rings is 2. The van der Waals surface area contributed by atoms with Crippen molar-refractivity contribution < 1.29 is 13.6 Å². The molecule has 5 rings (SSSR count). The molecule has 1 aliphatic carbocycles. The summed E-state index contributed by atoms with van der Waals surface area (Å²) < 4.78 is 28.8. The zero-order chi connectivity index (χ0) is 24.3. The van der Waals surface area contributed by atoms with E-state index in [1.165, 1.54) is 17.7 Å². The number of para-hydroxylation sites is 1. The predicted molar refractivity (Wildman–Crippen MR) is 132 cm³/mol. The lowest BCUT2D eigenvalue weighted by Gasteiger charge is -2.39. The number of nitrogens with zero attached hydrogens (tertiary/aromatic N) is 1. The van der Waals surface area contributed by atoms with Gasteiger partial charge in [-0.1, -0.05) is 52.0 Å². The van der Waals surface area contributed by atoms with Gasteiger partial charge in [0.15, 0.2) is 0 Å². The van der Waals surface area contributed by atoms with Crippen LogP contribution in [0.25, 0.3) is 10.9 Å². The van der Waals surface area contributed by atoms with Crippen LogP contribution in [0.5, 0.6) is 0 Å². The highest BCUT2D eigenvalue weighted by Gasteiger charge is 2.51. The summed E-state index contributed by atoms with van der Waals surface area (Å²) in [6.45, 7) is 9.73. The van der Waals surface area contributed by atoms with Gasteiger partial charge in [-0.3, -0.25) is 4.79 Å². The van der Waals surface area contributed by atoms with Crippen molar-refractivity contribution in [3.63, 3.8) is 0 Å². The number of aromatic nitrogens is 1. The number of aryl methyl sites for hydroxylation is 1. The highest BCUT2D eigenvalue weighted by molar-refractivity contribution is 5.88. The summed E-state index contributed by atoms with van der Waals surface area (Å²) in [4.78, 5) is 19.2. The topological polar surface area (TPSA) is 36.1 Å². The molecule has 1 saturated carbocycles. The fourth-order valence-corrected chi connectivity index (χ4v) is 7.04. The van der Waals surface area contributed by atoms with Crippen molar-refractivity contribution in [2.24, 2.45) is 10.8 Å². The van der Waals surface area contributed by atoms with E-state index in [4.69, 9.17) is 0 Å². The summed E-state index contributed by atoms with van der Waals surface area (Å²) in [6, 6.07) is 10.0. The van der Waals surface area contributed by atoms with Crippen molar-refractivity contribution in [3.05, 3.63) is 70.9 Å². The van der Waals surface area contributed by atoms with E-state index in [0.717, 1.165) is 54.8 Å². The molecule has 2 bridgehead atoms. The number of amides is 1. The second kappa shape index (κ2) is 8.21. The fraction of sp³-hybridized carbons (Fsp3) is 0.483. The molecule has 5 heteroatoms. The number of nitrogens with one attached hydrogen (secondary N) is 1. The number of aromatic amines is 1. The van der Waals surface area contributed by atoms with Gasteiger partial charge in [-0.05, 0) is 59.3 Å². The van der Waals surface area contributed by atoms with Gasteiger partial charge in [-0.25, -0.2) is 8.78 Å². The molecule has 0 radical (unpaired) electrons. The van der Waals surface area contributed by atoms with Gasteiger partial charge in [0.25, 0.3) is 0 Å². The molecule has 2 heterocycles. The van der Waals surface area contributed by atoms with Crippen molar-refractivity contribution in [3.8, 4) is 0 Å². The van der Waals surface area contributed by atoms with Gasteiger partial charge >= 0.3 is 0 Å². The lowest BCUT2D eigenvalue weighted by atomic mass is 9.65. The first kappa shape index (κ1) is 23.1. The highest BCUT2D eigenvalue weighted by Crippen LogP contribution is 2.53. The van der Waals surface area contributed by atoms with Crippen LogP contribution in [0.1, 0.15) is 76.0 Å². The Morgan fingerprint density at radius 1 is 1.15 bits per heavy atom. The maximum atomic E-state index is 15.1. The Hall–Kier alpha value is -2.69. The van der Waals surface area contributed by atoms with Crippen molar-refractivity contribution >= 4 is 16.8 Å². The van der Waals surface area contributed by atoms with Gasteiger partial charge in [0, 0.05) is 48.1 Å². The molecule has 3 atom stereocenters. The molecule has 0 spiro atoms. The minimum absolute atomic E-state index is 0.0566. The zero-order valence-electron chi connectivity index (χ0n) is 20.6. The normalized spacial score (nSPS) is 24.5. The minimum Gasteiger partial charge on any atom is -0.361 e. The Kier molecular flexibility index (Phi) is 5.57. The van der Waals surface area contributed by atoms with E-state index in [9.17, 15) is 9.18 Å². The number of hydrogen-bond donors (Lipinski definition) is 1. The third kappa shape index (κ3) is 4.03. The van der Waals surface area contributed by atoms with Gasteiger partial charge < -0.3 is 9.88 Å². The molecule has 1 aromatic heterocycles. The van der Waals surface area contributed by atoms with Crippen molar-refractivity contribution in [1.29, 1.82) is 0 Å². The number of carbonyl (C=O) groups is 1. The number of hydrogen-bond acceptors (Lipinski definition) is 1. The van der Waals surface area contributed by atoms with Gasteiger partial charge in [0.1, 0.15) is 11.6 Å². The van der Waals surface area contributed by atoms with Crippen LogP contribution in [-0.4, -0.2) is 28.4 Å². The molecule has 1 aliphatic heterocycles. The lowest BCUT2D eigenvalue weighted by Crippen LogP contribution is -2.38. The highest BCUT2D eigenvalue weighted by atomic mass is 19.1. The predicted octanol–water partition coefficient (Wildman–Crippen LogP) is 6.96. The van der Waals surface area contributed by atoms with Crippen LogP contribution in [-0.2, 0) is 11.2 Å². The molecule has 1 saturated heterocycles. The first-order chi connectivity index (χ1) is 16.1. The number of halogens is 2. The summed E-state index contributed by atoms with van der Waals surface area (Å²) in [6.07, 6.45) is 6.08. The molecule has 2 aromatic carbocycles. The summed E-state index contributed by atoms with van der Waals surface area (Å²) in [7, 11) is 0. The van der Waals surface area contributed by atoms with E-state index >= 15 is 4.39 Å². The van der Waals surface area contributed by atoms with E-state index in [1.807, 2.05) is 18.3 Å². The fourth-order valence-electron chi connectivity index (χ4n) is 7.04. The summed E-state index contributed by atoms with van der Waals surface area (Å²) >= 11 is 0. The Morgan fingerprint density at radius 2 is 1.94 bits per heavy atom. The molecular formula is C29H34F2N2O. The van der Waals surface area contributed by atoms with Crippen molar-refractivity contribution in [1.82, 2.24) is 9.88 Å². The summed E-state index contributed by atoms with van der Waals surface area (Å²) in [5.74, 6) is -1.65. The third-order valence-corrected chi connectivity index (χ3v) is 8.04. The van der Waals surface area contributed by atoms with Gasteiger partial charge in [-0.15, -0.1) is 0 Å². The molecule has 3 nitrogen and oxygen atoms in total. The van der Waals surface area contributed by atoms with E-state index in [2.05, 4.69) is 43.6 Å². The minimum atomic E-state index is -0.609. The SMILES string of the molecule is CCc1cccc2c(C(CC(=O)N3CC4(C)CC3CC(C)(C)C4)c3ccc(F)cc3F)c[nH]c12. The summed E-state index contributed by atoms with van der Waals surface area (Å²) in [5.41, 5.74) is 3.80. The average Bonchev–Trinajstić information content (AvgIpc) is 3.29. The van der Waals surface area contributed by atoms with Crippen LogP contribution in [0.4, 0.5) is 8.78 Å². The van der Waals surface area contributed by atoms with Crippen LogP contribution in [0.3, 0.4) is 0 Å². The monoisotopic (exact) mass is 464 g/mol. The van der Waals surface area contributed by atoms with Crippen LogP contribution in [0.2, 0.25) is 0 Å². The number of rotatable bonds is 5. The third-order valence-electron chi connectivity index (χ3n) is 8.04. The largest absolute Gasteiger partial charge is 0.361 e. The summed E-state index contributed by atoms with van der Waals surface area (Å²) in [5, 5.41) is 0.995. The number of carbonyl (C=O) groups excluding carboxylic acids is 1. The van der Waals surface area contributed by atoms with Crippen molar-refractivity contribution in [2.75, 3.05) is 6.54 Å². The molecule has 34 heavy (non-hydrogen) atoms. The second-order valence-corrected chi connectivity index (χ2v) is 11.6. The quantitative estimate of drug-likeness (QED) is 0.435. The van der Waals surface area contributed by atoms with Gasteiger partial charge in [-0.2, -0.15) is 0 Å². The molecule has 3 unspecified atom stereocenters. The maximum absolute atomic E-state index is 15.1. The molecule has 2 fully saturated rings. The van der Waals surface area contributed by atoms with Crippen molar-refractivity contribution in [2.45, 2.75) is 71.8 Å². The van der Waals surface area contributed by atoms with Gasteiger partial charge in [0.05, 0.1) is 0 Å². The lowest BCUT2D eigenvalue weighted by molar-refractivity contribution is -0.132. The Morgan fingerprint density at radius 3 is 2.68 bits per heavy atom. The molecule has 180 valence electrons. The number of likely N-dealkylation sites (tertiary alicyclic amines) is 1. The van der Waals surface area contributed by atoms with Crippen LogP contribution in [0.15, 0.2) is 42.6 Å². The molecule has 2 aliphatic rings. The van der Waals surface area contributed by atoms with E-state index in [-0.39, 0.29) is 29.2 Å². The smallest absolute Gasteiger partial charge is 0.223 e. The molecular weight excluding hydrogens is 430 g/mol. The van der Waals surface area contributed by atoms with Gasteiger partial charge in [0.2, 0.25) is 5.91 Å². The molecule has 3 aromatic rings. The van der Waals surface area contributed by atoms with Crippen LogP contribution < -0.4 is 0 Å². The van der Waals surface area contributed by atoms with Crippen LogP contribution >= 0.6 is 0 Å². The van der Waals surface area contributed by atoms with E-state index in [1.54, 1.807) is 0 Å². The van der Waals surface area contributed by atoms with E-state index in [0.29, 0.717) is 5.56 Å². The first-order valence-corrected chi connectivity index (χ1v) is 12.4.